The molecule has 5 rings (SSSR count). The zero-order valence-corrected chi connectivity index (χ0v) is 22.3. The van der Waals surface area contributed by atoms with Gasteiger partial charge in [-0.15, -0.1) is 0 Å². The molecule has 1 aromatic heterocycles. The molecule has 202 valence electrons. The number of carbonyl (C=O) groups excluding carboxylic acids is 2. The van der Waals surface area contributed by atoms with Gasteiger partial charge in [-0.2, -0.15) is 0 Å². The Morgan fingerprint density at radius 3 is 2.63 bits per heavy atom. The maximum absolute atomic E-state index is 13.3. The Kier molecular flexibility index (Phi) is 7.44. The van der Waals surface area contributed by atoms with Crippen molar-refractivity contribution in [3.05, 3.63) is 64.5 Å². The number of urea groups is 1. The molecule has 4 heterocycles. The van der Waals surface area contributed by atoms with Crippen LogP contribution in [0.15, 0.2) is 47.7 Å². The molecule has 0 saturated carbocycles. The summed E-state index contributed by atoms with van der Waals surface area (Å²) in [6.07, 6.45) is 14.9. The van der Waals surface area contributed by atoms with Crippen molar-refractivity contribution in [3.63, 3.8) is 0 Å². The molecule has 2 fully saturated rings. The van der Waals surface area contributed by atoms with Crippen molar-refractivity contribution in [2.75, 3.05) is 19.6 Å². The van der Waals surface area contributed by atoms with Crippen LogP contribution in [-0.2, 0) is 13.0 Å². The molecule has 4 aliphatic rings. The van der Waals surface area contributed by atoms with Crippen molar-refractivity contribution >= 4 is 23.6 Å². The van der Waals surface area contributed by atoms with Gasteiger partial charge in [-0.25, -0.2) is 4.79 Å². The van der Waals surface area contributed by atoms with Gasteiger partial charge >= 0.3 is 6.03 Å². The van der Waals surface area contributed by atoms with Gasteiger partial charge in [-0.1, -0.05) is 24.3 Å². The summed E-state index contributed by atoms with van der Waals surface area (Å²) in [6, 6.07) is 1.60. The molecule has 3 aliphatic heterocycles. The van der Waals surface area contributed by atoms with Crippen molar-refractivity contribution < 1.29 is 11.0 Å². The Balaban J connectivity index is 0.00000353. The second-order valence-electron chi connectivity index (χ2n) is 10.6. The number of hydrogen-bond acceptors (Lipinski definition) is 5. The molecule has 2 saturated heterocycles. The number of carbonyl (C=O) groups is 2. The number of fused-ring (bicyclic) bond motifs is 1. The minimum absolute atomic E-state index is 0. The highest BCUT2D eigenvalue weighted by atomic mass is 16.2. The number of aromatic nitrogens is 1. The topological polar surface area (TPSA) is 116 Å². The predicted octanol–water partition coefficient (Wildman–Crippen LogP) is 4.27. The van der Waals surface area contributed by atoms with Crippen molar-refractivity contribution in [1.82, 2.24) is 25.0 Å². The molecule has 3 amide bonds. The Labute approximate surface area is 225 Å². The lowest BCUT2D eigenvalue weighted by Gasteiger charge is -2.35. The van der Waals surface area contributed by atoms with Crippen molar-refractivity contribution in [2.24, 2.45) is 0 Å². The number of pyridine rings is 1. The summed E-state index contributed by atoms with van der Waals surface area (Å²) in [5.41, 5.74) is 3.91. The summed E-state index contributed by atoms with van der Waals surface area (Å²) in [5.74, 6) is 0.457. The van der Waals surface area contributed by atoms with Gasteiger partial charge in [0.15, 0.2) is 0 Å². The van der Waals surface area contributed by atoms with Crippen LogP contribution in [0.2, 0.25) is 0 Å². The van der Waals surface area contributed by atoms with E-state index < -0.39 is 6.04 Å². The average molecular weight is 518 g/mol. The van der Waals surface area contributed by atoms with Gasteiger partial charge in [-0.05, 0) is 68.7 Å². The Bertz CT molecular complexity index is 1250. The van der Waals surface area contributed by atoms with Gasteiger partial charge in [-0.3, -0.25) is 20.6 Å². The van der Waals surface area contributed by atoms with Crippen LogP contribution in [0.1, 0.15) is 69.0 Å². The molecule has 1 aliphatic carbocycles. The molecule has 1 aromatic rings. The molecule has 2 atom stereocenters. The standard InChI is InChI=1S/C29H37N7O2.H2/c1-3-22-23(27(31)36-19(2)10-11-26(36)30)8-7-9-24(22)33-28(37)25-16-21-18-35(15-12-20(21)17-32-25)29(38)34-13-5-4-6-14-34;/h3,7-9,16-17,19,24,30-31H,4-6,10-15,18H2,1-2H3,(H,33,37);1H/b22-3-,30-26?,31-27?;/t19-,24?;/m1./s1. The maximum Gasteiger partial charge on any atom is 0.320 e. The number of allylic oxidation sites excluding steroid dienone is 3. The van der Waals surface area contributed by atoms with Gasteiger partial charge in [0.25, 0.3) is 5.91 Å². The molecule has 9 heteroatoms. The van der Waals surface area contributed by atoms with Crippen LogP contribution in [0.4, 0.5) is 4.79 Å². The van der Waals surface area contributed by atoms with E-state index in [1.165, 1.54) is 6.42 Å². The second kappa shape index (κ2) is 10.9. The Morgan fingerprint density at radius 1 is 1.13 bits per heavy atom. The normalized spacial score (nSPS) is 24.4. The zero-order valence-electron chi connectivity index (χ0n) is 22.3. The van der Waals surface area contributed by atoms with Crippen LogP contribution in [0, 0.1) is 10.8 Å². The molecule has 38 heavy (non-hydrogen) atoms. The van der Waals surface area contributed by atoms with Crippen LogP contribution >= 0.6 is 0 Å². The summed E-state index contributed by atoms with van der Waals surface area (Å²) in [5, 5.41) is 20.2. The van der Waals surface area contributed by atoms with E-state index in [1.54, 1.807) is 11.1 Å². The molecule has 0 spiro atoms. The molecule has 3 N–H and O–H groups in total. The largest absolute Gasteiger partial charge is 0.340 e. The first-order valence-electron chi connectivity index (χ1n) is 13.7. The number of rotatable bonds is 3. The lowest BCUT2D eigenvalue weighted by atomic mass is 9.91. The molecule has 0 bridgehead atoms. The van der Waals surface area contributed by atoms with E-state index in [-0.39, 0.29) is 19.4 Å². The lowest BCUT2D eigenvalue weighted by Crippen LogP contribution is -2.47. The van der Waals surface area contributed by atoms with Crippen molar-refractivity contribution in [1.29, 1.82) is 10.8 Å². The number of amidine groups is 2. The third kappa shape index (κ3) is 5.01. The smallest absolute Gasteiger partial charge is 0.320 e. The molecular formula is C29H39N7O2. The maximum atomic E-state index is 13.3. The SMILES string of the molecule is C/C=C1/C(C(=N)N2C(=N)CC[C@H]2C)=CC=CC1NC(=O)c1cc2c(cn1)CCN(C(=O)N1CCCCC1)C2.[HH]. The molecule has 9 nitrogen and oxygen atoms in total. The number of likely N-dealkylation sites (tertiary alicyclic amines) is 2. The third-order valence-corrected chi connectivity index (χ3v) is 8.06. The van der Waals surface area contributed by atoms with Crippen molar-refractivity contribution in [2.45, 2.75) is 71.0 Å². The summed E-state index contributed by atoms with van der Waals surface area (Å²) >= 11 is 0. The molecule has 0 radical (unpaired) electrons. The zero-order chi connectivity index (χ0) is 26.8. The molecule has 1 unspecified atom stereocenters. The monoisotopic (exact) mass is 517 g/mol. The summed E-state index contributed by atoms with van der Waals surface area (Å²) in [7, 11) is 0. The highest BCUT2D eigenvalue weighted by Gasteiger charge is 2.33. The van der Waals surface area contributed by atoms with E-state index in [0.29, 0.717) is 42.4 Å². The van der Waals surface area contributed by atoms with Crippen LogP contribution in [0.25, 0.3) is 0 Å². The summed E-state index contributed by atoms with van der Waals surface area (Å²) < 4.78 is 0. The first-order valence-corrected chi connectivity index (χ1v) is 13.7. The van der Waals surface area contributed by atoms with E-state index in [9.17, 15) is 9.59 Å². The van der Waals surface area contributed by atoms with Crippen LogP contribution in [0.5, 0.6) is 0 Å². The highest BCUT2D eigenvalue weighted by Crippen LogP contribution is 2.28. The predicted molar refractivity (Wildman–Crippen MR) is 150 cm³/mol. The van der Waals surface area contributed by atoms with Gasteiger partial charge in [0.05, 0.1) is 6.04 Å². The number of hydrogen-bond donors (Lipinski definition) is 3. The van der Waals surface area contributed by atoms with Crippen LogP contribution < -0.4 is 5.32 Å². The van der Waals surface area contributed by atoms with Gasteiger partial charge in [0.1, 0.15) is 17.4 Å². The van der Waals surface area contributed by atoms with Crippen LogP contribution in [0.3, 0.4) is 0 Å². The summed E-state index contributed by atoms with van der Waals surface area (Å²) in [4.78, 5) is 36.4. The molecule has 0 aromatic carbocycles. The quantitative estimate of drug-likeness (QED) is 0.410. The second-order valence-corrected chi connectivity index (χ2v) is 10.6. The number of nitrogens with zero attached hydrogens (tertiary/aromatic N) is 4. The number of amides is 3. The third-order valence-electron chi connectivity index (χ3n) is 8.06. The Morgan fingerprint density at radius 2 is 1.92 bits per heavy atom. The van der Waals surface area contributed by atoms with Gasteiger partial charge < -0.3 is 20.0 Å². The fourth-order valence-corrected chi connectivity index (χ4v) is 5.88. The minimum Gasteiger partial charge on any atom is -0.340 e. The van der Waals surface area contributed by atoms with Crippen LogP contribution in [-0.4, -0.2) is 75.0 Å². The fraction of sp³-hybridized carbons (Fsp3) is 0.483. The van der Waals surface area contributed by atoms with E-state index in [1.807, 2.05) is 54.0 Å². The minimum atomic E-state index is -0.407. The average Bonchev–Trinajstić information content (AvgIpc) is 3.29. The number of nitrogens with one attached hydrogen (secondary N) is 3. The Hall–Kier alpha value is -3.75. The fourth-order valence-electron chi connectivity index (χ4n) is 5.88. The lowest BCUT2D eigenvalue weighted by molar-refractivity contribution is 0.0943. The van der Waals surface area contributed by atoms with E-state index >= 15 is 0 Å². The van der Waals surface area contributed by atoms with Crippen molar-refractivity contribution in [3.8, 4) is 0 Å². The molecular weight excluding hydrogens is 478 g/mol. The van der Waals surface area contributed by atoms with Gasteiger partial charge in [0, 0.05) is 51.8 Å². The summed E-state index contributed by atoms with van der Waals surface area (Å²) in [6.45, 7) is 6.73. The van der Waals surface area contributed by atoms with E-state index in [2.05, 4.69) is 10.3 Å². The number of piperidine rings is 1. The van der Waals surface area contributed by atoms with Gasteiger partial charge in [0.2, 0.25) is 0 Å². The van der Waals surface area contributed by atoms with E-state index in [4.69, 9.17) is 10.8 Å². The first kappa shape index (κ1) is 25.9. The van der Waals surface area contributed by atoms with E-state index in [0.717, 1.165) is 55.5 Å². The highest BCUT2D eigenvalue weighted by molar-refractivity contribution is 6.11. The first-order chi connectivity index (χ1) is 18.4.